The SMILES string of the molecule is CCNC(=NCc1ccc(C)cc1)NCCCn1nc2n(c1=O)CCCC2. The van der Waals surface area contributed by atoms with Gasteiger partial charge in [0.1, 0.15) is 5.82 Å². The highest BCUT2D eigenvalue weighted by molar-refractivity contribution is 5.79. The third-order valence-corrected chi connectivity index (χ3v) is 4.76. The maximum Gasteiger partial charge on any atom is 0.345 e. The van der Waals surface area contributed by atoms with E-state index in [4.69, 9.17) is 0 Å². The highest BCUT2D eigenvalue weighted by Gasteiger charge is 2.16. The van der Waals surface area contributed by atoms with Gasteiger partial charge in [-0.3, -0.25) is 4.57 Å². The predicted molar refractivity (Wildman–Crippen MR) is 108 cm³/mol. The normalized spacial score (nSPS) is 14.1. The third-order valence-electron chi connectivity index (χ3n) is 4.76. The Kier molecular flexibility index (Phi) is 6.68. The largest absolute Gasteiger partial charge is 0.357 e. The van der Waals surface area contributed by atoms with E-state index < -0.39 is 0 Å². The molecule has 1 aromatic carbocycles. The molecule has 0 bridgehead atoms. The van der Waals surface area contributed by atoms with Crippen molar-refractivity contribution in [3.8, 4) is 0 Å². The van der Waals surface area contributed by atoms with Gasteiger partial charge in [0.25, 0.3) is 0 Å². The molecule has 7 heteroatoms. The number of nitrogens with one attached hydrogen (secondary N) is 2. The average Bonchev–Trinajstić information content (AvgIpc) is 3.00. The van der Waals surface area contributed by atoms with Crippen LogP contribution < -0.4 is 16.3 Å². The summed E-state index contributed by atoms with van der Waals surface area (Å²) in [5, 5.41) is 11.1. The number of hydrogen-bond acceptors (Lipinski definition) is 3. The quantitative estimate of drug-likeness (QED) is 0.443. The number of hydrogen-bond donors (Lipinski definition) is 2. The molecule has 0 saturated heterocycles. The zero-order chi connectivity index (χ0) is 19.1. The molecule has 0 atom stereocenters. The van der Waals surface area contributed by atoms with Gasteiger partial charge in [-0.25, -0.2) is 14.5 Å². The van der Waals surface area contributed by atoms with Crippen LogP contribution in [0.4, 0.5) is 0 Å². The second-order valence-corrected chi connectivity index (χ2v) is 6.99. The van der Waals surface area contributed by atoms with Gasteiger partial charge in [0, 0.05) is 32.6 Å². The fraction of sp³-hybridized carbons (Fsp3) is 0.550. The summed E-state index contributed by atoms with van der Waals surface area (Å²) in [5.41, 5.74) is 2.47. The van der Waals surface area contributed by atoms with Crippen LogP contribution in [0.1, 0.15) is 43.1 Å². The smallest absolute Gasteiger partial charge is 0.345 e. The summed E-state index contributed by atoms with van der Waals surface area (Å²) in [5.74, 6) is 1.74. The second kappa shape index (κ2) is 9.39. The number of guanidine groups is 1. The van der Waals surface area contributed by atoms with E-state index in [1.54, 1.807) is 4.68 Å². The summed E-state index contributed by atoms with van der Waals surface area (Å²) < 4.78 is 3.43. The number of benzene rings is 1. The monoisotopic (exact) mass is 370 g/mol. The summed E-state index contributed by atoms with van der Waals surface area (Å²) in [6.45, 7) is 7.77. The minimum atomic E-state index is 0.0321. The van der Waals surface area contributed by atoms with Crippen LogP contribution in [0.25, 0.3) is 0 Å². The number of rotatable bonds is 7. The lowest BCUT2D eigenvalue weighted by molar-refractivity contribution is 0.509. The number of aliphatic imine (C=N–C) groups is 1. The minimum Gasteiger partial charge on any atom is -0.357 e. The highest BCUT2D eigenvalue weighted by Crippen LogP contribution is 2.09. The Morgan fingerprint density at radius 1 is 1.22 bits per heavy atom. The number of aromatic nitrogens is 3. The molecule has 0 unspecified atom stereocenters. The molecular formula is C20H30N6O. The van der Waals surface area contributed by atoms with Crippen LogP contribution in [0.2, 0.25) is 0 Å². The van der Waals surface area contributed by atoms with Crippen molar-refractivity contribution < 1.29 is 0 Å². The fourth-order valence-electron chi connectivity index (χ4n) is 3.24. The zero-order valence-corrected chi connectivity index (χ0v) is 16.4. The minimum absolute atomic E-state index is 0.0321. The van der Waals surface area contributed by atoms with Crippen molar-refractivity contribution in [3.05, 3.63) is 51.7 Å². The fourth-order valence-corrected chi connectivity index (χ4v) is 3.24. The molecule has 1 aliphatic rings. The maximum atomic E-state index is 12.3. The molecule has 146 valence electrons. The van der Waals surface area contributed by atoms with Crippen LogP contribution in [-0.4, -0.2) is 33.4 Å². The van der Waals surface area contributed by atoms with Crippen molar-refractivity contribution in [2.45, 2.75) is 59.2 Å². The van der Waals surface area contributed by atoms with E-state index in [0.717, 1.165) is 57.1 Å². The summed E-state index contributed by atoms with van der Waals surface area (Å²) in [6.07, 6.45) is 3.94. The molecule has 0 amide bonds. The van der Waals surface area contributed by atoms with Gasteiger partial charge in [0.2, 0.25) is 0 Å². The first-order chi connectivity index (χ1) is 13.2. The molecule has 0 fully saturated rings. The average molecular weight is 371 g/mol. The van der Waals surface area contributed by atoms with Gasteiger partial charge < -0.3 is 10.6 Å². The number of fused-ring (bicyclic) bond motifs is 1. The van der Waals surface area contributed by atoms with E-state index in [9.17, 15) is 4.79 Å². The Morgan fingerprint density at radius 3 is 2.78 bits per heavy atom. The summed E-state index contributed by atoms with van der Waals surface area (Å²) in [6, 6.07) is 8.42. The molecular weight excluding hydrogens is 340 g/mol. The Balaban J connectivity index is 1.49. The maximum absolute atomic E-state index is 12.3. The first-order valence-electron chi connectivity index (χ1n) is 9.91. The van der Waals surface area contributed by atoms with E-state index >= 15 is 0 Å². The van der Waals surface area contributed by atoms with E-state index in [2.05, 4.69) is 58.8 Å². The molecule has 2 heterocycles. The van der Waals surface area contributed by atoms with Crippen LogP contribution in [0.5, 0.6) is 0 Å². The van der Waals surface area contributed by atoms with E-state index in [0.29, 0.717) is 13.1 Å². The highest BCUT2D eigenvalue weighted by atomic mass is 16.2. The third kappa shape index (κ3) is 5.21. The first kappa shape index (κ1) is 19.2. The van der Waals surface area contributed by atoms with Crippen molar-refractivity contribution in [3.63, 3.8) is 0 Å². The lowest BCUT2D eigenvalue weighted by Crippen LogP contribution is -2.38. The van der Waals surface area contributed by atoms with Crippen molar-refractivity contribution >= 4 is 5.96 Å². The zero-order valence-electron chi connectivity index (χ0n) is 16.4. The van der Waals surface area contributed by atoms with Gasteiger partial charge in [-0.2, -0.15) is 5.10 Å². The van der Waals surface area contributed by atoms with Gasteiger partial charge in [0.15, 0.2) is 5.96 Å². The van der Waals surface area contributed by atoms with Gasteiger partial charge in [-0.15, -0.1) is 0 Å². The van der Waals surface area contributed by atoms with Crippen molar-refractivity contribution in [1.82, 2.24) is 25.0 Å². The lowest BCUT2D eigenvalue weighted by atomic mass is 10.1. The number of aryl methyl sites for hydroxylation is 3. The molecule has 1 aromatic heterocycles. The second-order valence-electron chi connectivity index (χ2n) is 6.99. The van der Waals surface area contributed by atoms with Gasteiger partial charge in [0.05, 0.1) is 6.54 Å². The van der Waals surface area contributed by atoms with Crippen molar-refractivity contribution in [2.24, 2.45) is 4.99 Å². The van der Waals surface area contributed by atoms with E-state index in [-0.39, 0.29) is 5.69 Å². The van der Waals surface area contributed by atoms with Gasteiger partial charge in [-0.05, 0) is 38.7 Å². The van der Waals surface area contributed by atoms with Crippen LogP contribution in [0.15, 0.2) is 34.1 Å². The van der Waals surface area contributed by atoms with E-state index in [1.807, 2.05) is 4.57 Å². The van der Waals surface area contributed by atoms with Crippen LogP contribution in [-0.2, 0) is 26.1 Å². The molecule has 0 aliphatic carbocycles. The first-order valence-corrected chi connectivity index (χ1v) is 9.91. The van der Waals surface area contributed by atoms with Crippen LogP contribution >= 0.6 is 0 Å². The van der Waals surface area contributed by atoms with Gasteiger partial charge >= 0.3 is 5.69 Å². The molecule has 0 spiro atoms. The molecule has 7 nitrogen and oxygen atoms in total. The van der Waals surface area contributed by atoms with Crippen LogP contribution in [0, 0.1) is 6.92 Å². The lowest BCUT2D eigenvalue weighted by Gasteiger charge is -2.11. The molecule has 1 aliphatic heterocycles. The van der Waals surface area contributed by atoms with Crippen molar-refractivity contribution in [2.75, 3.05) is 13.1 Å². The Hall–Kier alpha value is -2.57. The van der Waals surface area contributed by atoms with Gasteiger partial charge in [-0.1, -0.05) is 29.8 Å². The summed E-state index contributed by atoms with van der Waals surface area (Å²) >= 11 is 0. The summed E-state index contributed by atoms with van der Waals surface area (Å²) in [7, 11) is 0. The molecule has 27 heavy (non-hydrogen) atoms. The predicted octanol–water partition coefficient (Wildman–Crippen LogP) is 1.83. The number of nitrogens with zero attached hydrogens (tertiary/aromatic N) is 4. The van der Waals surface area contributed by atoms with Crippen LogP contribution in [0.3, 0.4) is 0 Å². The Labute approximate surface area is 160 Å². The van der Waals surface area contributed by atoms with Crippen molar-refractivity contribution in [1.29, 1.82) is 0 Å². The molecule has 3 rings (SSSR count). The Morgan fingerprint density at radius 2 is 2.04 bits per heavy atom. The van der Waals surface area contributed by atoms with E-state index in [1.165, 1.54) is 11.1 Å². The molecule has 2 aromatic rings. The summed E-state index contributed by atoms with van der Waals surface area (Å²) in [4.78, 5) is 17.0. The Bertz CT molecular complexity index is 818. The molecule has 2 N–H and O–H groups in total. The molecule has 0 saturated carbocycles. The molecule has 0 radical (unpaired) electrons. The standard InChI is InChI=1S/C20H30N6O/c1-3-21-19(23-15-17-10-8-16(2)9-11-17)22-12-6-14-26-20(27)25-13-5-4-7-18(25)24-26/h8-11H,3-7,12-15H2,1-2H3,(H2,21,22,23). The topological polar surface area (TPSA) is 76.2 Å².